The number of carbonyl (C=O) groups excluding carboxylic acids is 3. The molecule has 1 saturated heterocycles. The van der Waals surface area contributed by atoms with Crippen molar-refractivity contribution in [2.24, 2.45) is 5.73 Å². The summed E-state index contributed by atoms with van der Waals surface area (Å²) in [6.45, 7) is 4.14. The Labute approximate surface area is 193 Å². The third kappa shape index (κ3) is 4.68. The lowest BCUT2D eigenvalue weighted by molar-refractivity contribution is -0.154. The summed E-state index contributed by atoms with van der Waals surface area (Å²) in [5.41, 5.74) is 10.5. The maximum atomic E-state index is 13.0. The molecule has 33 heavy (non-hydrogen) atoms. The molecule has 0 bridgehead atoms. The van der Waals surface area contributed by atoms with Crippen LogP contribution in [-0.2, 0) is 23.9 Å². The van der Waals surface area contributed by atoms with E-state index in [1.807, 2.05) is 24.3 Å². The first-order chi connectivity index (χ1) is 16.0. The average Bonchev–Trinajstić information content (AvgIpc) is 3.44. The Bertz CT molecular complexity index is 1020. The predicted molar refractivity (Wildman–Crippen MR) is 123 cm³/mol. The van der Waals surface area contributed by atoms with E-state index in [1.54, 1.807) is 0 Å². The minimum atomic E-state index is -1.07. The van der Waals surface area contributed by atoms with Crippen molar-refractivity contribution in [3.63, 3.8) is 0 Å². The Hall–Kier alpha value is -3.45. The number of amides is 1. The average molecular weight is 449 g/mol. The molecule has 2 aromatic rings. The highest BCUT2D eigenvalue weighted by Crippen LogP contribution is 2.44. The van der Waals surface area contributed by atoms with Gasteiger partial charge in [-0.05, 0) is 35.1 Å². The number of hydrogen-bond donors (Lipinski definition) is 1. The van der Waals surface area contributed by atoms with E-state index in [1.165, 1.54) is 11.0 Å². The van der Waals surface area contributed by atoms with Crippen LogP contribution in [-0.4, -0.2) is 54.6 Å². The zero-order chi connectivity index (χ0) is 23.4. The van der Waals surface area contributed by atoms with E-state index in [2.05, 4.69) is 30.8 Å². The molecule has 2 atom stereocenters. The molecule has 2 aromatic carbocycles. The number of benzene rings is 2. The molecule has 7 nitrogen and oxygen atoms in total. The van der Waals surface area contributed by atoms with Gasteiger partial charge in [0.05, 0.1) is 12.5 Å². The molecule has 1 fully saturated rings. The summed E-state index contributed by atoms with van der Waals surface area (Å²) in [5, 5.41) is 0. The minimum Gasteiger partial charge on any atom is -0.463 e. The monoisotopic (exact) mass is 448 g/mol. The summed E-state index contributed by atoms with van der Waals surface area (Å²) in [4.78, 5) is 39.0. The molecule has 4 rings (SSSR count). The molecule has 1 aliphatic carbocycles. The molecular weight excluding hydrogens is 420 g/mol. The lowest BCUT2D eigenvalue weighted by Crippen LogP contribution is -2.49. The first-order valence-electron chi connectivity index (χ1n) is 11.2. The normalized spacial score (nSPS) is 17.7. The van der Waals surface area contributed by atoms with Crippen molar-refractivity contribution in [2.45, 2.75) is 37.3 Å². The Balaban J connectivity index is 1.40. The van der Waals surface area contributed by atoms with Crippen molar-refractivity contribution in [2.75, 3.05) is 19.8 Å². The van der Waals surface area contributed by atoms with Crippen LogP contribution in [0, 0.1) is 0 Å². The van der Waals surface area contributed by atoms with Crippen LogP contribution in [0.25, 0.3) is 11.1 Å². The van der Waals surface area contributed by atoms with Gasteiger partial charge in [-0.3, -0.25) is 9.59 Å². The summed E-state index contributed by atoms with van der Waals surface area (Å²) in [6.07, 6.45) is 2.38. The van der Waals surface area contributed by atoms with Crippen LogP contribution in [0.5, 0.6) is 0 Å². The highest BCUT2D eigenvalue weighted by Gasteiger charge is 2.38. The number of rotatable bonds is 8. The van der Waals surface area contributed by atoms with E-state index >= 15 is 0 Å². The summed E-state index contributed by atoms with van der Waals surface area (Å²) < 4.78 is 10.6. The lowest BCUT2D eigenvalue weighted by Gasteiger charge is -2.26. The van der Waals surface area contributed by atoms with E-state index in [9.17, 15) is 14.4 Å². The van der Waals surface area contributed by atoms with E-state index in [-0.39, 0.29) is 25.6 Å². The largest absolute Gasteiger partial charge is 0.463 e. The quantitative estimate of drug-likeness (QED) is 0.493. The van der Waals surface area contributed by atoms with Gasteiger partial charge in [-0.2, -0.15) is 0 Å². The van der Waals surface area contributed by atoms with Crippen LogP contribution in [0.2, 0.25) is 0 Å². The molecule has 1 heterocycles. The Morgan fingerprint density at radius 3 is 2.33 bits per heavy atom. The fourth-order valence-corrected chi connectivity index (χ4v) is 4.67. The van der Waals surface area contributed by atoms with Gasteiger partial charge in [-0.1, -0.05) is 61.2 Å². The number of fused-ring (bicyclic) bond motifs is 3. The number of esters is 2. The summed E-state index contributed by atoms with van der Waals surface area (Å²) in [7, 11) is 0. The lowest BCUT2D eigenvalue weighted by atomic mass is 9.98. The number of nitrogens with zero attached hydrogens (tertiary/aromatic N) is 1. The summed E-state index contributed by atoms with van der Waals surface area (Å²) in [5.74, 6) is -1.51. The van der Waals surface area contributed by atoms with Crippen LogP contribution in [0.15, 0.2) is 61.2 Å². The molecule has 0 unspecified atom stereocenters. The van der Waals surface area contributed by atoms with Crippen molar-refractivity contribution in [3.05, 3.63) is 72.3 Å². The topological polar surface area (TPSA) is 98.9 Å². The zero-order valence-corrected chi connectivity index (χ0v) is 18.4. The molecule has 172 valence electrons. The standard InChI is InChI=1S/C26H28N2O5/c1-2-14-32-24(29)15-22(27)25(30)28-13-7-12-23(28)26(31)33-16-21-19-10-5-3-8-17(19)18-9-4-6-11-20(18)21/h2-6,8-11,21-23H,1,7,12-16,27H2/t22-,23-/m0/s1. The molecule has 0 saturated carbocycles. The van der Waals surface area contributed by atoms with Gasteiger partial charge in [0, 0.05) is 12.5 Å². The van der Waals surface area contributed by atoms with E-state index < -0.39 is 29.9 Å². The first-order valence-corrected chi connectivity index (χ1v) is 11.2. The van der Waals surface area contributed by atoms with E-state index in [4.69, 9.17) is 15.2 Å². The van der Waals surface area contributed by atoms with Crippen LogP contribution in [0.1, 0.15) is 36.3 Å². The maximum absolute atomic E-state index is 13.0. The first kappa shape index (κ1) is 22.7. The fraction of sp³-hybridized carbons (Fsp3) is 0.346. The van der Waals surface area contributed by atoms with Gasteiger partial charge >= 0.3 is 11.9 Å². The van der Waals surface area contributed by atoms with Crippen molar-refractivity contribution in [3.8, 4) is 11.1 Å². The van der Waals surface area contributed by atoms with Gasteiger partial charge in [0.25, 0.3) is 0 Å². The molecule has 2 N–H and O–H groups in total. The number of likely N-dealkylation sites (tertiary alicyclic amines) is 1. The van der Waals surface area contributed by atoms with Crippen molar-refractivity contribution < 1.29 is 23.9 Å². The van der Waals surface area contributed by atoms with Gasteiger partial charge in [-0.15, -0.1) is 0 Å². The zero-order valence-electron chi connectivity index (χ0n) is 18.4. The minimum absolute atomic E-state index is 0.0474. The maximum Gasteiger partial charge on any atom is 0.328 e. The van der Waals surface area contributed by atoms with Gasteiger partial charge in [0.2, 0.25) is 5.91 Å². The second-order valence-electron chi connectivity index (χ2n) is 8.33. The second-order valence-corrected chi connectivity index (χ2v) is 8.33. The number of hydrogen-bond acceptors (Lipinski definition) is 6. The molecule has 1 amide bonds. The van der Waals surface area contributed by atoms with Crippen LogP contribution < -0.4 is 5.73 Å². The molecule has 2 aliphatic rings. The summed E-state index contributed by atoms with van der Waals surface area (Å²) in [6, 6.07) is 14.5. The third-order valence-electron chi connectivity index (χ3n) is 6.23. The van der Waals surface area contributed by atoms with Crippen LogP contribution in [0.4, 0.5) is 0 Å². The molecular formula is C26H28N2O5. The highest BCUT2D eigenvalue weighted by molar-refractivity contribution is 5.90. The fourth-order valence-electron chi connectivity index (χ4n) is 4.67. The molecule has 1 aliphatic heterocycles. The Morgan fingerprint density at radius 1 is 1.06 bits per heavy atom. The van der Waals surface area contributed by atoms with Crippen molar-refractivity contribution >= 4 is 17.8 Å². The van der Waals surface area contributed by atoms with Crippen molar-refractivity contribution in [1.82, 2.24) is 4.90 Å². The summed E-state index contributed by atoms with van der Waals surface area (Å²) >= 11 is 0. The van der Waals surface area contributed by atoms with Gasteiger partial charge in [0.1, 0.15) is 19.3 Å². The van der Waals surface area contributed by atoms with E-state index in [0.717, 1.165) is 22.3 Å². The van der Waals surface area contributed by atoms with Gasteiger partial charge in [0.15, 0.2) is 0 Å². The Kier molecular flexibility index (Phi) is 6.89. The van der Waals surface area contributed by atoms with Gasteiger partial charge < -0.3 is 20.1 Å². The molecule has 0 radical (unpaired) electrons. The van der Waals surface area contributed by atoms with Crippen LogP contribution in [0.3, 0.4) is 0 Å². The smallest absolute Gasteiger partial charge is 0.328 e. The van der Waals surface area contributed by atoms with Crippen LogP contribution >= 0.6 is 0 Å². The number of ether oxygens (including phenoxy) is 2. The number of nitrogens with two attached hydrogens (primary N) is 1. The van der Waals surface area contributed by atoms with Crippen molar-refractivity contribution in [1.29, 1.82) is 0 Å². The number of carbonyl (C=O) groups is 3. The molecule has 0 spiro atoms. The molecule has 7 heteroatoms. The van der Waals surface area contributed by atoms with Gasteiger partial charge in [-0.25, -0.2) is 4.79 Å². The predicted octanol–water partition coefficient (Wildman–Crippen LogP) is 2.78. The second kappa shape index (κ2) is 10.0. The molecule has 0 aromatic heterocycles. The third-order valence-corrected chi connectivity index (χ3v) is 6.23. The Morgan fingerprint density at radius 2 is 1.70 bits per heavy atom. The van der Waals surface area contributed by atoms with E-state index in [0.29, 0.717) is 19.4 Å². The SMILES string of the molecule is C=CCOC(=O)C[C@H](N)C(=O)N1CCC[C@H]1C(=O)OCC1c2ccccc2-c2ccccc21. The highest BCUT2D eigenvalue weighted by atomic mass is 16.5.